The fraction of sp³-hybridized carbons (Fsp3) is 0.571. The lowest BCUT2D eigenvalue weighted by atomic mass is 10.2. The highest BCUT2D eigenvalue weighted by Gasteiger charge is 2.08. The van der Waals surface area contributed by atoms with Crippen LogP contribution in [0.15, 0.2) is 12.1 Å². The lowest BCUT2D eigenvalue weighted by Gasteiger charge is -2.13. The highest BCUT2D eigenvalue weighted by Crippen LogP contribution is 2.33. The van der Waals surface area contributed by atoms with E-state index in [1.807, 2.05) is 0 Å². The fourth-order valence-corrected chi connectivity index (χ4v) is 1.50. The molecule has 0 saturated carbocycles. The van der Waals surface area contributed by atoms with Gasteiger partial charge in [0.2, 0.25) is 0 Å². The predicted octanol–water partition coefficient (Wildman–Crippen LogP) is 3.21. The lowest BCUT2D eigenvalue weighted by molar-refractivity contribution is 0.296. The van der Waals surface area contributed by atoms with Gasteiger partial charge in [0.15, 0.2) is 0 Å². The van der Waals surface area contributed by atoms with Crippen LogP contribution in [0.2, 0.25) is 0 Å². The Morgan fingerprint density at radius 2 is 1.28 bits per heavy atom. The normalized spacial score (nSPS) is 10.3. The van der Waals surface area contributed by atoms with Gasteiger partial charge in [-0.05, 0) is 18.9 Å². The molecule has 0 bridgehead atoms. The van der Waals surface area contributed by atoms with Crippen LogP contribution in [0.3, 0.4) is 0 Å². The van der Waals surface area contributed by atoms with Gasteiger partial charge in [-0.25, -0.2) is 0 Å². The van der Waals surface area contributed by atoms with Crippen molar-refractivity contribution in [1.82, 2.24) is 0 Å². The molecule has 0 heterocycles. The summed E-state index contributed by atoms with van der Waals surface area (Å²) in [6.45, 7) is 5.57. The highest BCUT2D eigenvalue weighted by molar-refractivity contribution is 5.67. The largest absolute Gasteiger partial charge is 0.491 e. The van der Waals surface area contributed by atoms with E-state index in [9.17, 15) is 0 Å². The lowest BCUT2D eigenvalue weighted by Crippen LogP contribution is -2.04. The zero-order valence-corrected chi connectivity index (χ0v) is 11.4. The van der Waals surface area contributed by atoms with E-state index >= 15 is 0 Å². The number of ether oxygens (including phenoxy) is 2. The molecule has 0 atom stereocenters. The average molecular weight is 252 g/mol. The summed E-state index contributed by atoms with van der Waals surface area (Å²) in [7, 11) is 0. The number of nitrogens with two attached hydrogens (primary N) is 2. The van der Waals surface area contributed by atoms with Crippen molar-refractivity contribution in [2.45, 2.75) is 39.5 Å². The van der Waals surface area contributed by atoms with E-state index in [1.165, 1.54) is 0 Å². The molecule has 0 aliphatic heterocycles. The van der Waals surface area contributed by atoms with E-state index in [4.69, 9.17) is 20.9 Å². The van der Waals surface area contributed by atoms with Gasteiger partial charge in [-0.3, -0.25) is 0 Å². The Hall–Kier alpha value is -1.58. The van der Waals surface area contributed by atoms with E-state index in [2.05, 4.69) is 13.8 Å². The maximum absolute atomic E-state index is 5.87. The van der Waals surface area contributed by atoms with Gasteiger partial charge < -0.3 is 20.9 Å². The third-order valence-corrected chi connectivity index (χ3v) is 2.65. The van der Waals surface area contributed by atoms with Gasteiger partial charge in [0, 0.05) is 6.07 Å². The molecule has 4 heteroatoms. The first kappa shape index (κ1) is 14.5. The summed E-state index contributed by atoms with van der Waals surface area (Å²) in [5.74, 6) is 1.31. The number of benzene rings is 1. The number of unbranched alkanes of at least 4 members (excludes halogenated alkanes) is 2. The molecule has 18 heavy (non-hydrogen) atoms. The molecule has 1 rings (SSSR count). The molecule has 1 aromatic carbocycles. The molecule has 0 unspecified atom stereocenters. The van der Waals surface area contributed by atoms with Crippen LogP contribution in [0.5, 0.6) is 11.5 Å². The van der Waals surface area contributed by atoms with Gasteiger partial charge in [-0.1, -0.05) is 26.7 Å². The molecular formula is C14H24N2O2. The summed E-state index contributed by atoms with van der Waals surface area (Å²) < 4.78 is 11.2. The smallest absolute Gasteiger partial charge is 0.146 e. The van der Waals surface area contributed by atoms with Crippen molar-refractivity contribution < 1.29 is 9.47 Å². The van der Waals surface area contributed by atoms with E-state index in [0.29, 0.717) is 36.1 Å². The van der Waals surface area contributed by atoms with Gasteiger partial charge >= 0.3 is 0 Å². The molecule has 0 fully saturated rings. The number of rotatable bonds is 8. The van der Waals surface area contributed by atoms with Crippen LogP contribution in [-0.2, 0) is 0 Å². The minimum Gasteiger partial charge on any atom is -0.491 e. The summed E-state index contributed by atoms with van der Waals surface area (Å²) in [5, 5.41) is 0. The molecule has 0 aliphatic carbocycles. The Morgan fingerprint density at radius 3 is 1.67 bits per heavy atom. The van der Waals surface area contributed by atoms with E-state index in [0.717, 1.165) is 25.7 Å². The molecule has 1 aromatic rings. The van der Waals surface area contributed by atoms with Crippen LogP contribution in [0.4, 0.5) is 11.4 Å². The average Bonchev–Trinajstić information content (AvgIpc) is 2.34. The summed E-state index contributed by atoms with van der Waals surface area (Å²) in [5.41, 5.74) is 12.9. The Bertz CT molecular complexity index is 336. The van der Waals surface area contributed by atoms with Gasteiger partial charge in [-0.15, -0.1) is 0 Å². The Kier molecular flexibility index (Phi) is 6.19. The van der Waals surface area contributed by atoms with Gasteiger partial charge in [-0.2, -0.15) is 0 Å². The van der Waals surface area contributed by atoms with Crippen molar-refractivity contribution in [3.8, 4) is 11.5 Å². The minimum absolute atomic E-state index is 0.562. The van der Waals surface area contributed by atoms with Gasteiger partial charge in [0.1, 0.15) is 11.5 Å². The summed E-state index contributed by atoms with van der Waals surface area (Å²) in [6.07, 6.45) is 4.20. The van der Waals surface area contributed by atoms with Crippen molar-refractivity contribution in [3.05, 3.63) is 12.1 Å². The zero-order chi connectivity index (χ0) is 13.4. The maximum atomic E-state index is 5.87. The van der Waals surface area contributed by atoms with Crippen molar-refractivity contribution in [2.24, 2.45) is 0 Å². The monoisotopic (exact) mass is 252 g/mol. The third kappa shape index (κ3) is 4.35. The Morgan fingerprint density at radius 1 is 0.833 bits per heavy atom. The first-order valence-corrected chi connectivity index (χ1v) is 6.63. The SMILES string of the molecule is CCCCOc1cc(OCCCC)c(N)cc1N. The molecule has 0 aromatic heterocycles. The van der Waals surface area contributed by atoms with Crippen molar-refractivity contribution >= 4 is 11.4 Å². The van der Waals surface area contributed by atoms with Crippen molar-refractivity contribution in [1.29, 1.82) is 0 Å². The molecule has 4 N–H and O–H groups in total. The second-order valence-corrected chi connectivity index (χ2v) is 4.33. The number of anilines is 2. The molecule has 0 amide bonds. The topological polar surface area (TPSA) is 70.5 Å². The third-order valence-electron chi connectivity index (χ3n) is 2.65. The summed E-state index contributed by atoms with van der Waals surface area (Å²) >= 11 is 0. The molecule has 0 spiro atoms. The van der Waals surface area contributed by atoms with Crippen LogP contribution in [0.25, 0.3) is 0 Å². The highest BCUT2D eigenvalue weighted by atomic mass is 16.5. The van der Waals surface area contributed by atoms with Crippen molar-refractivity contribution in [2.75, 3.05) is 24.7 Å². The molecule has 102 valence electrons. The van der Waals surface area contributed by atoms with Crippen molar-refractivity contribution in [3.63, 3.8) is 0 Å². The molecule has 0 saturated heterocycles. The number of nitrogen functional groups attached to an aromatic ring is 2. The second-order valence-electron chi connectivity index (χ2n) is 4.33. The van der Waals surface area contributed by atoms with Crippen LogP contribution in [0, 0.1) is 0 Å². The number of hydrogen-bond donors (Lipinski definition) is 2. The maximum Gasteiger partial charge on any atom is 0.146 e. The molecule has 4 nitrogen and oxygen atoms in total. The summed E-state index contributed by atoms with van der Waals surface area (Å²) in [4.78, 5) is 0. The van der Waals surface area contributed by atoms with Gasteiger partial charge in [0.25, 0.3) is 0 Å². The summed E-state index contributed by atoms with van der Waals surface area (Å²) in [6, 6.07) is 3.48. The predicted molar refractivity (Wildman–Crippen MR) is 76.1 cm³/mol. The van der Waals surface area contributed by atoms with Crippen LogP contribution in [-0.4, -0.2) is 13.2 Å². The van der Waals surface area contributed by atoms with Gasteiger partial charge in [0.05, 0.1) is 24.6 Å². The quantitative estimate of drug-likeness (QED) is 0.550. The van der Waals surface area contributed by atoms with Crippen LogP contribution >= 0.6 is 0 Å². The molecule has 0 radical (unpaired) electrons. The van der Waals surface area contributed by atoms with E-state index < -0.39 is 0 Å². The number of hydrogen-bond acceptors (Lipinski definition) is 4. The zero-order valence-electron chi connectivity index (χ0n) is 11.4. The van der Waals surface area contributed by atoms with Crippen LogP contribution < -0.4 is 20.9 Å². The second kappa shape index (κ2) is 7.69. The Labute approximate surface area is 109 Å². The van der Waals surface area contributed by atoms with E-state index in [-0.39, 0.29) is 0 Å². The minimum atomic E-state index is 0.562. The Balaban J connectivity index is 2.68. The van der Waals surface area contributed by atoms with E-state index in [1.54, 1.807) is 12.1 Å². The molecule has 0 aliphatic rings. The first-order chi connectivity index (χ1) is 8.69. The van der Waals surface area contributed by atoms with Crippen LogP contribution in [0.1, 0.15) is 39.5 Å². The standard InChI is InChI=1S/C14H24N2O2/c1-3-5-7-17-13-10-14(18-8-6-4-2)12(16)9-11(13)15/h9-10H,3-8,15-16H2,1-2H3. The molecular weight excluding hydrogens is 228 g/mol. The fourth-order valence-electron chi connectivity index (χ4n) is 1.50. The first-order valence-electron chi connectivity index (χ1n) is 6.63.